The Hall–Kier alpha value is -3.84. The third kappa shape index (κ3) is 7.23. The van der Waals surface area contributed by atoms with Crippen molar-refractivity contribution in [2.75, 3.05) is 13.2 Å². The molecule has 1 aliphatic heterocycles. The molecule has 0 amide bonds. The predicted octanol–water partition coefficient (Wildman–Crippen LogP) is 10.1. The average Bonchev–Trinajstić information content (AvgIpc) is 3.88. The van der Waals surface area contributed by atoms with Crippen LogP contribution < -0.4 is 4.74 Å². The van der Waals surface area contributed by atoms with Gasteiger partial charge in [0.1, 0.15) is 35.6 Å². The lowest BCUT2D eigenvalue weighted by Gasteiger charge is -2.29. The summed E-state index contributed by atoms with van der Waals surface area (Å²) in [5.41, 5.74) is 5.10. The smallest absolute Gasteiger partial charge is 0.137 e. The predicted molar refractivity (Wildman–Crippen MR) is 189 cm³/mol. The minimum atomic E-state index is -0.980. The van der Waals surface area contributed by atoms with Crippen molar-refractivity contribution < 1.29 is 18.3 Å². The van der Waals surface area contributed by atoms with E-state index < -0.39 is 17.2 Å². The van der Waals surface area contributed by atoms with Crippen LogP contribution in [-0.4, -0.2) is 28.0 Å². The third-order valence-electron chi connectivity index (χ3n) is 11.9. The molecule has 4 aromatic rings. The van der Waals surface area contributed by atoms with Gasteiger partial charge in [0.2, 0.25) is 0 Å². The molecule has 0 spiro atoms. The molecular weight excluding hydrogens is 616 g/mol. The van der Waals surface area contributed by atoms with E-state index >= 15 is 0 Å². The van der Waals surface area contributed by atoms with Gasteiger partial charge in [0.15, 0.2) is 0 Å². The van der Waals surface area contributed by atoms with E-state index in [1.54, 1.807) is 11.0 Å². The molecule has 0 unspecified atom stereocenters. The molecule has 1 aromatic heterocycles. The largest absolute Gasteiger partial charge is 0.493 e. The maximum atomic E-state index is 15.0. The maximum absolute atomic E-state index is 15.0. The number of hydrogen-bond acceptors (Lipinski definition) is 4. The van der Waals surface area contributed by atoms with Gasteiger partial charge in [-0.15, -0.1) is 0 Å². The summed E-state index contributed by atoms with van der Waals surface area (Å²) in [6.07, 6.45) is 12.1. The van der Waals surface area contributed by atoms with E-state index in [2.05, 4.69) is 79.0 Å². The molecule has 258 valence electrons. The van der Waals surface area contributed by atoms with Crippen LogP contribution in [0.5, 0.6) is 5.75 Å². The topological polar surface area (TPSA) is 49.2 Å². The number of benzene rings is 3. The van der Waals surface area contributed by atoms with Gasteiger partial charge in [-0.05, 0) is 104 Å². The molecule has 2 saturated carbocycles. The Labute approximate surface area is 289 Å². The number of hydrogen-bond donors (Lipinski definition) is 0. The van der Waals surface area contributed by atoms with Crippen molar-refractivity contribution >= 4 is 0 Å². The lowest BCUT2D eigenvalue weighted by atomic mass is 9.76. The van der Waals surface area contributed by atoms with Gasteiger partial charge in [0.25, 0.3) is 0 Å². The number of rotatable bonds is 11. The van der Waals surface area contributed by atoms with Crippen molar-refractivity contribution in [1.29, 1.82) is 0 Å². The molecule has 3 aliphatic rings. The minimum absolute atomic E-state index is 0.0376. The molecule has 7 rings (SSSR count). The number of ether oxygens (including phenoxy) is 2. The molecule has 49 heavy (non-hydrogen) atoms. The van der Waals surface area contributed by atoms with Gasteiger partial charge in [-0.2, -0.15) is 5.10 Å². The first kappa shape index (κ1) is 33.6. The highest BCUT2D eigenvalue weighted by Gasteiger charge is 2.44. The Bertz CT molecular complexity index is 1700. The van der Waals surface area contributed by atoms with Crippen LogP contribution in [-0.2, 0) is 16.9 Å². The van der Waals surface area contributed by atoms with Gasteiger partial charge in [-0.25, -0.2) is 18.4 Å². The van der Waals surface area contributed by atoms with Gasteiger partial charge in [-0.3, -0.25) is 0 Å². The summed E-state index contributed by atoms with van der Waals surface area (Å²) in [7, 11) is 0. The molecule has 0 N–H and O–H groups in total. The summed E-state index contributed by atoms with van der Waals surface area (Å²) in [6.45, 7) is 10.3. The highest BCUT2D eigenvalue weighted by molar-refractivity contribution is 5.36. The van der Waals surface area contributed by atoms with Crippen LogP contribution in [0.4, 0.5) is 8.78 Å². The lowest BCUT2D eigenvalue weighted by Crippen LogP contribution is -2.32. The lowest BCUT2D eigenvalue weighted by molar-refractivity contribution is -0.0206. The van der Waals surface area contributed by atoms with E-state index in [4.69, 9.17) is 9.47 Å². The summed E-state index contributed by atoms with van der Waals surface area (Å²) in [5, 5.41) is 4.20. The summed E-state index contributed by atoms with van der Waals surface area (Å²) in [5.74, 6) is 2.73. The maximum Gasteiger partial charge on any atom is 0.137 e. The van der Waals surface area contributed by atoms with Gasteiger partial charge >= 0.3 is 0 Å². The SMILES string of the molecule is C=C1[C@H](c2ccc(C3CCC(c4ccc(OC[C@@H]5CO[C@@](Cn6cncn6)(c6ccc(F)cc6F)C5)cc4)CC3)cc2)CC[C@H]1[C@H](C)CC. The molecule has 5 nitrogen and oxygen atoms in total. The first-order chi connectivity index (χ1) is 23.8. The molecule has 0 radical (unpaired) electrons. The van der Waals surface area contributed by atoms with E-state index in [0.29, 0.717) is 48.9 Å². The van der Waals surface area contributed by atoms with Crippen LogP contribution in [0.3, 0.4) is 0 Å². The molecule has 2 aliphatic carbocycles. The van der Waals surface area contributed by atoms with E-state index in [9.17, 15) is 8.78 Å². The van der Waals surface area contributed by atoms with E-state index in [1.807, 2.05) is 0 Å². The number of halogens is 2. The molecular formula is C42H49F2N3O2. The average molecular weight is 666 g/mol. The number of aromatic nitrogens is 3. The fourth-order valence-corrected chi connectivity index (χ4v) is 8.89. The Kier molecular flexibility index (Phi) is 10.00. The number of allylic oxidation sites excluding steroid dienone is 1. The van der Waals surface area contributed by atoms with Crippen LogP contribution in [0.1, 0.15) is 105 Å². The van der Waals surface area contributed by atoms with E-state index in [-0.39, 0.29) is 12.5 Å². The molecule has 2 heterocycles. The second kappa shape index (κ2) is 14.6. The van der Waals surface area contributed by atoms with Crippen molar-refractivity contribution in [2.45, 2.75) is 95.1 Å². The van der Waals surface area contributed by atoms with Crippen LogP contribution in [0.25, 0.3) is 0 Å². The molecule has 7 heteroatoms. The summed E-state index contributed by atoms with van der Waals surface area (Å²) >= 11 is 0. The van der Waals surface area contributed by atoms with Gasteiger partial charge in [0, 0.05) is 23.5 Å². The zero-order valence-corrected chi connectivity index (χ0v) is 28.9. The monoisotopic (exact) mass is 665 g/mol. The summed E-state index contributed by atoms with van der Waals surface area (Å²) in [6, 6.07) is 21.8. The van der Waals surface area contributed by atoms with Gasteiger partial charge < -0.3 is 9.47 Å². The van der Waals surface area contributed by atoms with E-state index in [0.717, 1.165) is 17.7 Å². The summed E-state index contributed by atoms with van der Waals surface area (Å²) in [4.78, 5) is 4.02. The molecule has 1 saturated heterocycles. The summed E-state index contributed by atoms with van der Waals surface area (Å²) < 4.78 is 42.8. The zero-order chi connectivity index (χ0) is 34.0. The molecule has 0 bridgehead atoms. The molecule has 3 aromatic carbocycles. The normalized spacial score (nSPS) is 27.8. The first-order valence-corrected chi connectivity index (χ1v) is 18.2. The molecule has 3 fully saturated rings. The van der Waals surface area contributed by atoms with Crippen LogP contribution in [0, 0.1) is 29.4 Å². The van der Waals surface area contributed by atoms with Crippen molar-refractivity contribution in [1.82, 2.24) is 14.8 Å². The second-order valence-electron chi connectivity index (χ2n) is 14.9. The van der Waals surface area contributed by atoms with Gasteiger partial charge in [-0.1, -0.05) is 74.9 Å². The third-order valence-corrected chi connectivity index (χ3v) is 11.9. The standard InChI is InChI=1S/C42H49F2N3O2/c1-4-28(2)38-18-19-39(29(38)3)35-11-9-33(10-12-35)31-5-7-32(8-6-31)34-13-16-37(17-14-34)48-23-30-22-42(49-24-30,25-47-27-45-26-46-47)40-20-15-36(43)21-41(40)44/h9-17,20-21,26-28,30-32,38-39H,3-8,18-19,22-25H2,1-2H3/t28-,30-,31?,32?,38+,39-,42+/m1/s1. The Balaban J connectivity index is 0.910. The first-order valence-electron chi connectivity index (χ1n) is 18.2. The molecule has 5 atom stereocenters. The van der Waals surface area contributed by atoms with Crippen LogP contribution >= 0.6 is 0 Å². The quantitative estimate of drug-likeness (QED) is 0.150. The highest BCUT2D eigenvalue weighted by Crippen LogP contribution is 2.47. The van der Waals surface area contributed by atoms with Crippen molar-refractivity contribution in [3.63, 3.8) is 0 Å². The Morgan fingerprint density at radius 1 is 0.918 bits per heavy atom. The Morgan fingerprint density at radius 2 is 1.59 bits per heavy atom. The second-order valence-corrected chi connectivity index (χ2v) is 14.9. The Morgan fingerprint density at radius 3 is 2.22 bits per heavy atom. The fraction of sp³-hybridized carbons (Fsp3) is 0.476. The minimum Gasteiger partial charge on any atom is -0.493 e. The fourth-order valence-electron chi connectivity index (χ4n) is 8.89. The van der Waals surface area contributed by atoms with Crippen molar-refractivity contribution in [2.24, 2.45) is 17.8 Å². The van der Waals surface area contributed by atoms with Crippen molar-refractivity contribution in [3.05, 3.63) is 125 Å². The highest BCUT2D eigenvalue weighted by atomic mass is 19.1. The number of nitrogens with zero attached hydrogens (tertiary/aromatic N) is 3. The van der Waals surface area contributed by atoms with Crippen LogP contribution in [0.15, 0.2) is 91.5 Å². The van der Waals surface area contributed by atoms with Crippen LogP contribution in [0.2, 0.25) is 0 Å². The zero-order valence-electron chi connectivity index (χ0n) is 28.9. The van der Waals surface area contributed by atoms with E-state index in [1.165, 1.54) is 85.7 Å². The van der Waals surface area contributed by atoms with Gasteiger partial charge in [0.05, 0.1) is 19.8 Å². The van der Waals surface area contributed by atoms with Crippen molar-refractivity contribution in [3.8, 4) is 5.75 Å².